The lowest BCUT2D eigenvalue weighted by Crippen LogP contribution is -2.36. The van der Waals surface area contributed by atoms with Crippen LogP contribution in [0.25, 0.3) is 0 Å². The minimum absolute atomic E-state index is 0.0669. The van der Waals surface area contributed by atoms with Crippen LogP contribution in [0.15, 0.2) is 18.2 Å². The number of hydrogen-bond acceptors (Lipinski definition) is 3. The molecular weight excluding hydrogens is 267 g/mol. The van der Waals surface area contributed by atoms with Gasteiger partial charge in [-0.05, 0) is 12.1 Å². The van der Waals surface area contributed by atoms with E-state index < -0.39 is 24.6 Å². The van der Waals surface area contributed by atoms with Crippen LogP contribution in [0.1, 0.15) is 15.9 Å². The molecule has 19 heavy (non-hydrogen) atoms. The standard InChI is InChI=1S/C11H10F3NO4/c1-19-8-4-6(9(16)17)2-3-7(8)5-15-10(18)11(12,13)14/h2-4H,5H2,1H3,(H,15,18)(H,16,17). The molecule has 0 atom stereocenters. The van der Waals surface area contributed by atoms with Gasteiger partial charge in [0.2, 0.25) is 0 Å². The van der Waals surface area contributed by atoms with E-state index in [1.165, 1.54) is 19.2 Å². The number of ether oxygens (including phenoxy) is 1. The van der Waals surface area contributed by atoms with Gasteiger partial charge < -0.3 is 15.2 Å². The molecule has 104 valence electrons. The van der Waals surface area contributed by atoms with Crippen LogP contribution >= 0.6 is 0 Å². The summed E-state index contributed by atoms with van der Waals surface area (Å²) in [6, 6.07) is 3.65. The third-order valence-electron chi connectivity index (χ3n) is 2.23. The second-order valence-electron chi connectivity index (χ2n) is 3.51. The van der Waals surface area contributed by atoms with Crippen LogP contribution in [-0.2, 0) is 11.3 Å². The topological polar surface area (TPSA) is 75.6 Å². The normalized spacial score (nSPS) is 10.9. The summed E-state index contributed by atoms with van der Waals surface area (Å²) in [5.41, 5.74) is 0.174. The number of aromatic carboxylic acids is 1. The number of amides is 1. The first kappa shape index (κ1) is 14.8. The minimum atomic E-state index is -4.96. The molecule has 0 spiro atoms. The number of nitrogens with one attached hydrogen (secondary N) is 1. The number of carbonyl (C=O) groups excluding carboxylic acids is 1. The lowest BCUT2D eigenvalue weighted by atomic mass is 10.1. The maximum atomic E-state index is 12.0. The number of alkyl halides is 3. The number of halogens is 3. The zero-order valence-electron chi connectivity index (χ0n) is 9.75. The molecule has 0 saturated carbocycles. The largest absolute Gasteiger partial charge is 0.496 e. The van der Waals surface area contributed by atoms with E-state index in [1.807, 2.05) is 0 Å². The Morgan fingerprint density at radius 3 is 2.47 bits per heavy atom. The van der Waals surface area contributed by atoms with E-state index in [-0.39, 0.29) is 16.9 Å². The van der Waals surface area contributed by atoms with E-state index >= 15 is 0 Å². The molecule has 1 rings (SSSR count). The van der Waals surface area contributed by atoms with E-state index in [0.717, 1.165) is 6.07 Å². The van der Waals surface area contributed by atoms with E-state index in [0.29, 0.717) is 0 Å². The third kappa shape index (κ3) is 3.87. The lowest BCUT2D eigenvalue weighted by Gasteiger charge is -2.11. The Kier molecular flexibility index (Phi) is 4.36. The van der Waals surface area contributed by atoms with Crippen molar-refractivity contribution in [3.63, 3.8) is 0 Å². The first-order valence-corrected chi connectivity index (χ1v) is 5.01. The van der Waals surface area contributed by atoms with Crippen LogP contribution in [0.4, 0.5) is 13.2 Å². The third-order valence-corrected chi connectivity index (χ3v) is 2.23. The molecule has 0 radical (unpaired) electrons. The van der Waals surface area contributed by atoms with Crippen molar-refractivity contribution in [2.75, 3.05) is 7.11 Å². The van der Waals surface area contributed by atoms with Gasteiger partial charge >= 0.3 is 18.1 Å². The van der Waals surface area contributed by atoms with Gasteiger partial charge in [0, 0.05) is 12.1 Å². The van der Waals surface area contributed by atoms with Crippen molar-refractivity contribution < 1.29 is 32.6 Å². The van der Waals surface area contributed by atoms with Crippen LogP contribution < -0.4 is 10.1 Å². The van der Waals surface area contributed by atoms with Crippen molar-refractivity contribution in [3.05, 3.63) is 29.3 Å². The number of carboxylic acids is 1. The molecule has 5 nitrogen and oxygen atoms in total. The van der Waals surface area contributed by atoms with Gasteiger partial charge in [-0.2, -0.15) is 13.2 Å². The molecule has 1 amide bonds. The molecule has 0 bridgehead atoms. The van der Waals surface area contributed by atoms with Crippen molar-refractivity contribution in [2.45, 2.75) is 12.7 Å². The Bertz CT molecular complexity index is 499. The highest BCUT2D eigenvalue weighted by Gasteiger charge is 2.38. The smallest absolute Gasteiger partial charge is 0.471 e. The Morgan fingerprint density at radius 1 is 1.37 bits per heavy atom. The highest BCUT2D eigenvalue weighted by molar-refractivity contribution is 5.88. The summed E-state index contributed by atoms with van der Waals surface area (Å²) in [6.07, 6.45) is -4.96. The SMILES string of the molecule is COc1cc(C(=O)O)ccc1CNC(=O)C(F)(F)F. The molecule has 2 N–H and O–H groups in total. The molecule has 0 saturated heterocycles. The zero-order chi connectivity index (χ0) is 14.6. The van der Waals surface area contributed by atoms with Gasteiger partial charge in [0.25, 0.3) is 0 Å². The molecule has 1 aromatic carbocycles. The molecule has 1 aromatic rings. The highest BCUT2D eigenvalue weighted by atomic mass is 19.4. The summed E-state index contributed by atoms with van der Waals surface area (Å²) < 4.78 is 40.8. The number of carboxylic acid groups (broad SMARTS) is 1. The second kappa shape index (κ2) is 5.59. The van der Waals surface area contributed by atoms with Crippen molar-refractivity contribution in [1.82, 2.24) is 5.32 Å². The zero-order valence-corrected chi connectivity index (χ0v) is 9.75. The van der Waals surface area contributed by atoms with Gasteiger partial charge in [-0.3, -0.25) is 4.79 Å². The first-order chi connectivity index (χ1) is 8.75. The fourth-order valence-corrected chi connectivity index (χ4v) is 1.30. The average molecular weight is 277 g/mol. The van der Waals surface area contributed by atoms with Crippen LogP contribution in [0.2, 0.25) is 0 Å². The minimum Gasteiger partial charge on any atom is -0.496 e. The molecule has 0 aliphatic rings. The Balaban J connectivity index is 2.85. The molecule has 0 aliphatic carbocycles. The van der Waals surface area contributed by atoms with Gasteiger partial charge in [-0.15, -0.1) is 0 Å². The Hall–Kier alpha value is -2.25. The summed E-state index contributed by atoms with van der Waals surface area (Å²) >= 11 is 0. The number of hydrogen-bond donors (Lipinski definition) is 2. The van der Waals surface area contributed by atoms with E-state index in [9.17, 15) is 22.8 Å². The van der Waals surface area contributed by atoms with Crippen molar-refractivity contribution in [3.8, 4) is 5.75 Å². The lowest BCUT2D eigenvalue weighted by molar-refractivity contribution is -0.173. The number of carbonyl (C=O) groups is 2. The predicted octanol–water partition coefficient (Wildman–Crippen LogP) is 1.57. The van der Waals surface area contributed by atoms with Crippen molar-refractivity contribution in [1.29, 1.82) is 0 Å². The van der Waals surface area contributed by atoms with Crippen molar-refractivity contribution in [2.24, 2.45) is 0 Å². The van der Waals surface area contributed by atoms with Crippen LogP contribution in [0, 0.1) is 0 Å². The van der Waals surface area contributed by atoms with Gasteiger partial charge in [0.1, 0.15) is 5.75 Å². The van der Waals surface area contributed by atoms with Gasteiger partial charge in [0.05, 0.1) is 12.7 Å². The Labute approximate surface area is 106 Å². The maximum Gasteiger partial charge on any atom is 0.471 e. The summed E-state index contributed by atoms with van der Waals surface area (Å²) in [5.74, 6) is -3.18. The molecular formula is C11H10F3NO4. The molecule has 0 heterocycles. The number of rotatable bonds is 4. The number of methoxy groups -OCH3 is 1. The maximum absolute atomic E-state index is 12.0. The van der Waals surface area contributed by atoms with E-state index in [1.54, 1.807) is 5.32 Å². The fraction of sp³-hybridized carbons (Fsp3) is 0.273. The molecule has 0 aromatic heterocycles. The summed E-state index contributed by atoms with van der Waals surface area (Å²) in [4.78, 5) is 21.3. The average Bonchev–Trinajstić information content (AvgIpc) is 2.34. The van der Waals surface area contributed by atoms with Crippen LogP contribution in [0.3, 0.4) is 0 Å². The van der Waals surface area contributed by atoms with Gasteiger partial charge in [-0.1, -0.05) is 6.07 Å². The molecule has 0 fully saturated rings. The van der Waals surface area contributed by atoms with Crippen LogP contribution in [0.5, 0.6) is 5.75 Å². The fourth-order valence-electron chi connectivity index (χ4n) is 1.30. The highest BCUT2D eigenvalue weighted by Crippen LogP contribution is 2.21. The van der Waals surface area contributed by atoms with E-state index in [4.69, 9.17) is 9.84 Å². The van der Waals surface area contributed by atoms with Crippen LogP contribution in [-0.4, -0.2) is 30.3 Å². The number of benzene rings is 1. The molecule has 0 aliphatic heterocycles. The van der Waals surface area contributed by atoms with Gasteiger partial charge in [0.15, 0.2) is 0 Å². The monoisotopic (exact) mass is 277 g/mol. The summed E-state index contributed by atoms with van der Waals surface area (Å²) in [5, 5.41) is 10.4. The first-order valence-electron chi connectivity index (χ1n) is 5.01. The second-order valence-corrected chi connectivity index (χ2v) is 3.51. The van der Waals surface area contributed by atoms with Crippen molar-refractivity contribution >= 4 is 11.9 Å². The quantitative estimate of drug-likeness (QED) is 0.876. The van der Waals surface area contributed by atoms with Gasteiger partial charge in [-0.25, -0.2) is 4.79 Å². The predicted molar refractivity (Wildman–Crippen MR) is 57.9 cm³/mol. The van der Waals surface area contributed by atoms with E-state index in [2.05, 4.69) is 0 Å². The summed E-state index contributed by atoms with van der Waals surface area (Å²) in [6.45, 7) is -0.415. The molecule has 0 unspecified atom stereocenters. The molecule has 8 heteroatoms. The Morgan fingerprint density at radius 2 is 2.00 bits per heavy atom. The summed E-state index contributed by atoms with van der Waals surface area (Å²) in [7, 11) is 1.25.